The molecule has 0 bridgehead atoms. The Morgan fingerprint density at radius 1 is 1.44 bits per heavy atom. The zero-order chi connectivity index (χ0) is 12.8. The van der Waals surface area contributed by atoms with Crippen molar-refractivity contribution in [1.82, 2.24) is 15.6 Å². The first kappa shape index (κ1) is 13.5. The Morgan fingerprint density at radius 2 is 2.22 bits per heavy atom. The highest BCUT2D eigenvalue weighted by Gasteiger charge is 2.21. The summed E-state index contributed by atoms with van der Waals surface area (Å²) in [4.78, 5) is 4.06. The summed E-state index contributed by atoms with van der Waals surface area (Å²) in [5.41, 5.74) is 1.43. The van der Waals surface area contributed by atoms with E-state index in [9.17, 15) is 0 Å². The van der Waals surface area contributed by atoms with E-state index >= 15 is 0 Å². The zero-order valence-electron chi connectivity index (χ0n) is 11.3. The van der Waals surface area contributed by atoms with Crippen LogP contribution in [-0.2, 0) is 10.2 Å². The zero-order valence-corrected chi connectivity index (χ0v) is 11.3. The van der Waals surface area contributed by atoms with Gasteiger partial charge in [0.05, 0.1) is 12.7 Å². The van der Waals surface area contributed by atoms with Gasteiger partial charge in [-0.3, -0.25) is 4.98 Å². The topological polar surface area (TPSA) is 46.2 Å². The number of nitrogens with one attached hydrogen (secondary N) is 2. The summed E-state index contributed by atoms with van der Waals surface area (Å²) in [6.07, 6.45) is 4.00. The lowest BCUT2D eigenvalue weighted by molar-refractivity contribution is 0.0287. The molecule has 1 fully saturated rings. The Hall–Kier alpha value is -0.970. The number of hydrogen-bond acceptors (Lipinski definition) is 4. The fourth-order valence-corrected chi connectivity index (χ4v) is 2.20. The summed E-state index contributed by atoms with van der Waals surface area (Å²) in [7, 11) is 0. The van der Waals surface area contributed by atoms with Gasteiger partial charge in [-0.1, -0.05) is 13.8 Å². The number of rotatable bonds is 5. The van der Waals surface area contributed by atoms with Gasteiger partial charge in [-0.2, -0.15) is 0 Å². The normalized spacial score (nSPS) is 20.9. The van der Waals surface area contributed by atoms with Crippen LogP contribution in [0.15, 0.2) is 24.5 Å². The average molecular weight is 249 g/mol. The van der Waals surface area contributed by atoms with Crippen LogP contribution < -0.4 is 10.6 Å². The average Bonchev–Trinajstić information content (AvgIpc) is 2.41. The van der Waals surface area contributed by atoms with Crippen molar-refractivity contribution in [3.63, 3.8) is 0 Å². The lowest BCUT2D eigenvalue weighted by Crippen LogP contribution is -2.46. The van der Waals surface area contributed by atoms with Crippen LogP contribution in [0.5, 0.6) is 0 Å². The summed E-state index contributed by atoms with van der Waals surface area (Å²) in [6, 6.07) is 4.17. The smallest absolute Gasteiger partial charge is 0.0824 e. The van der Waals surface area contributed by atoms with Crippen molar-refractivity contribution >= 4 is 0 Å². The fourth-order valence-electron chi connectivity index (χ4n) is 2.20. The molecule has 2 N–H and O–H groups in total. The summed E-state index contributed by atoms with van der Waals surface area (Å²) in [6.45, 7) is 9.07. The van der Waals surface area contributed by atoms with E-state index in [1.54, 1.807) is 0 Å². The molecular weight excluding hydrogens is 226 g/mol. The van der Waals surface area contributed by atoms with E-state index in [2.05, 4.69) is 41.6 Å². The monoisotopic (exact) mass is 249 g/mol. The first-order valence-electron chi connectivity index (χ1n) is 6.62. The molecule has 4 nitrogen and oxygen atoms in total. The Bertz CT molecular complexity index is 347. The molecule has 1 aromatic rings. The van der Waals surface area contributed by atoms with Gasteiger partial charge in [-0.25, -0.2) is 0 Å². The van der Waals surface area contributed by atoms with Crippen LogP contribution in [-0.4, -0.2) is 43.9 Å². The SMILES string of the molecule is CC(C)(CNCC1CNCCO1)c1ccncc1. The van der Waals surface area contributed by atoms with Crippen molar-refractivity contribution in [2.75, 3.05) is 32.8 Å². The van der Waals surface area contributed by atoms with E-state index in [1.165, 1.54) is 5.56 Å². The highest BCUT2D eigenvalue weighted by Crippen LogP contribution is 2.21. The minimum Gasteiger partial charge on any atom is -0.374 e. The van der Waals surface area contributed by atoms with Crippen LogP contribution >= 0.6 is 0 Å². The predicted molar refractivity (Wildman–Crippen MR) is 72.7 cm³/mol. The van der Waals surface area contributed by atoms with Gasteiger partial charge in [0.25, 0.3) is 0 Å². The number of hydrogen-bond donors (Lipinski definition) is 2. The lowest BCUT2D eigenvalue weighted by Gasteiger charge is -2.28. The first-order valence-corrected chi connectivity index (χ1v) is 6.62. The summed E-state index contributed by atoms with van der Waals surface area (Å²) >= 11 is 0. The summed E-state index contributed by atoms with van der Waals surface area (Å²) in [5.74, 6) is 0. The Labute approximate surface area is 109 Å². The number of ether oxygens (including phenoxy) is 1. The van der Waals surface area contributed by atoms with E-state index in [0.717, 1.165) is 32.8 Å². The molecule has 0 amide bonds. The largest absolute Gasteiger partial charge is 0.374 e. The van der Waals surface area contributed by atoms with E-state index in [4.69, 9.17) is 4.74 Å². The maximum absolute atomic E-state index is 5.66. The van der Waals surface area contributed by atoms with Crippen molar-refractivity contribution in [3.05, 3.63) is 30.1 Å². The maximum Gasteiger partial charge on any atom is 0.0824 e. The van der Waals surface area contributed by atoms with Gasteiger partial charge in [0, 0.05) is 44.0 Å². The van der Waals surface area contributed by atoms with Gasteiger partial charge >= 0.3 is 0 Å². The molecule has 18 heavy (non-hydrogen) atoms. The molecular formula is C14H23N3O. The second-order valence-corrected chi connectivity index (χ2v) is 5.45. The van der Waals surface area contributed by atoms with E-state index in [-0.39, 0.29) is 5.41 Å². The molecule has 1 unspecified atom stereocenters. The second kappa shape index (κ2) is 6.27. The van der Waals surface area contributed by atoms with Crippen molar-refractivity contribution in [2.45, 2.75) is 25.4 Å². The van der Waals surface area contributed by atoms with Crippen molar-refractivity contribution in [1.29, 1.82) is 0 Å². The van der Waals surface area contributed by atoms with Gasteiger partial charge in [-0.15, -0.1) is 0 Å². The fraction of sp³-hybridized carbons (Fsp3) is 0.643. The van der Waals surface area contributed by atoms with E-state index in [1.807, 2.05) is 12.4 Å². The molecule has 1 atom stereocenters. The number of pyridine rings is 1. The molecule has 1 aliphatic heterocycles. The van der Waals surface area contributed by atoms with E-state index in [0.29, 0.717) is 6.10 Å². The number of morpholine rings is 1. The molecule has 0 radical (unpaired) electrons. The third-order valence-corrected chi connectivity index (χ3v) is 3.41. The van der Waals surface area contributed by atoms with Crippen molar-refractivity contribution in [2.24, 2.45) is 0 Å². The highest BCUT2D eigenvalue weighted by atomic mass is 16.5. The van der Waals surface area contributed by atoms with Gasteiger partial charge in [0.2, 0.25) is 0 Å². The third-order valence-electron chi connectivity index (χ3n) is 3.41. The van der Waals surface area contributed by atoms with E-state index < -0.39 is 0 Å². The Kier molecular flexibility index (Phi) is 4.69. The molecule has 4 heteroatoms. The second-order valence-electron chi connectivity index (χ2n) is 5.45. The molecule has 2 rings (SSSR count). The van der Waals surface area contributed by atoms with Gasteiger partial charge in [-0.05, 0) is 17.7 Å². The number of nitrogens with zero attached hydrogens (tertiary/aromatic N) is 1. The molecule has 0 spiro atoms. The summed E-state index contributed by atoms with van der Waals surface area (Å²) in [5, 5.41) is 6.85. The number of aromatic nitrogens is 1. The minimum atomic E-state index is 0.116. The molecule has 0 saturated carbocycles. The van der Waals surface area contributed by atoms with Gasteiger partial charge in [0.1, 0.15) is 0 Å². The molecule has 0 aliphatic carbocycles. The third kappa shape index (κ3) is 3.77. The maximum atomic E-state index is 5.66. The first-order chi connectivity index (χ1) is 8.68. The molecule has 0 aromatic carbocycles. The Balaban J connectivity index is 1.78. The Morgan fingerprint density at radius 3 is 2.89 bits per heavy atom. The standard InChI is InChI=1S/C14H23N3O/c1-14(2,12-3-5-15-6-4-12)11-17-10-13-9-16-7-8-18-13/h3-6,13,16-17H,7-11H2,1-2H3. The molecule has 1 saturated heterocycles. The van der Waals surface area contributed by atoms with Crippen molar-refractivity contribution < 1.29 is 4.74 Å². The minimum absolute atomic E-state index is 0.116. The highest BCUT2D eigenvalue weighted by molar-refractivity contribution is 5.20. The van der Waals surface area contributed by atoms with Crippen LogP contribution in [0.1, 0.15) is 19.4 Å². The summed E-state index contributed by atoms with van der Waals surface area (Å²) < 4.78 is 5.66. The van der Waals surface area contributed by atoms with Gasteiger partial charge < -0.3 is 15.4 Å². The van der Waals surface area contributed by atoms with Crippen LogP contribution in [0.2, 0.25) is 0 Å². The molecule has 1 aromatic heterocycles. The van der Waals surface area contributed by atoms with Crippen LogP contribution in [0.3, 0.4) is 0 Å². The molecule has 2 heterocycles. The van der Waals surface area contributed by atoms with Gasteiger partial charge in [0.15, 0.2) is 0 Å². The molecule has 1 aliphatic rings. The van der Waals surface area contributed by atoms with Crippen LogP contribution in [0, 0.1) is 0 Å². The van der Waals surface area contributed by atoms with Crippen LogP contribution in [0.25, 0.3) is 0 Å². The quantitative estimate of drug-likeness (QED) is 0.815. The van der Waals surface area contributed by atoms with Crippen LogP contribution in [0.4, 0.5) is 0 Å². The van der Waals surface area contributed by atoms with Crippen molar-refractivity contribution in [3.8, 4) is 0 Å². The molecule has 100 valence electrons. The predicted octanol–water partition coefficient (Wildman–Crippen LogP) is 0.937. The lowest BCUT2D eigenvalue weighted by atomic mass is 9.85.